The molecular formula is C11H13Cl2NO2. The molecule has 0 saturated heterocycles. The predicted molar refractivity (Wildman–Crippen MR) is 65.0 cm³/mol. The Balaban J connectivity index is 2.46. The number of aliphatic carboxylic acids is 1. The summed E-state index contributed by atoms with van der Waals surface area (Å²) in [6.07, 6.45) is 1.87. The monoisotopic (exact) mass is 261 g/mol. The molecule has 0 aliphatic rings. The summed E-state index contributed by atoms with van der Waals surface area (Å²) in [5.41, 5.74) is 6.38. The molecule has 16 heavy (non-hydrogen) atoms. The first-order chi connectivity index (χ1) is 7.49. The van der Waals surface area contributed by atoms with Gasteiger partial charge in [0, 0.05) is 10.0 Å². The average Bonchev–Trinajstić information content (AvgIpc) is 2.15. The Hall–Kier alpha value is -0.770. The lowest BCUT2D eigenvalue weighted by molar-refractivity contribution is -0.138. The Bertz CT molecular complexity index is 362. The van der Waals surface area contributed by atoms with Crippen molar-refractivity contribution in [3.8, 4) is 0 Å². The Morgan fingerprint density at radius 1 is 1.31 bits per heavy atom. The second-order valence-electron chi connectivity index (χ2n) is 3.61. The Kier molecular flexibility index (Phi) is 5.06. The molecule has 0 heterocycles. The summed E-state index contributed by atoms with van der Waals surface area (Å²) in [5, 5.41) is 9.78. The van der Waals surface area contributed by atoms with Crippen molar-refractivity contribution in [3.63, 3.8) is 0 Å². The van der Waals surface area contributed by atoms with Gasteiger partial charge in [0.1, 0.15) is 6.04 Å². The molecule has 0 radical (unpaired) electrons. The van der Waals surface area contributed by atoms with Gasteiger partial charge in [-0.15, -0.1) is 0 Å². The predicted octanol–water partition coefficient (Wildman–Crippen LogP) is 2.73. The molecule has 0 bridgehead atoms. The number of hydrogen-bond acceptors (Lipinski definition) is 2. The van der Waals surface area contributed by atoms with Gasteiger partial charge in [-0.05, 0) is 43.0 Å². The topological polar surface area (TPSA) is 63.3 Å². The van der Waals surface area contributed by atoms with Gasteiger partial charge in [0.15, 0.2) is 0 Å². The van der Waals surface area contributed by atoms with Crippen LogP contribution in [0, 0.1) is 0 Å². The standard InChI is InChI=1S/C11H13Cl2NO2/c12-8-4-7(5-9(13)6-8)2-1-3-10(14)11(15)16/h4-6,10H,1-3,14H2,(H,15,16)/t10-/m0/s1. The third kappa shape index (κ3) is 4.39. The number of carboxylic acid groups (broad SMARTS) is 1. The van der Waals surface area contributed by atoms with Crippen LogP contribution in [0.25, 0.3) is 0 Å². The minimum Gasteiger partial charge on any atom is -0.480 e. The fourth-order valence-corrected chi connectivity index (χ4v) is 1.98. The van der Waals surface area contributed by atoms with E-state index in [9.17, 15) is 4.79 Å². The highest BCUT2D eigenvalue weighted by atomic mass is 35.5. The summed E-state index contributed by atoms with van der Waals surface area (Å²) in [6.45, 7) is 0. The van der Waals surface area contributed by atoms with Gasteiger partial charge in [-0.25, -0.2) is 0 Å². The van der Waals surface area contributed by atoms with E-state index in [1.54, 1.807) is 6.07 Å². The van der Waals surface area contributed by atoms with Crippen molar-refractivity contribution in [1.82, 2.24) is 0 Å². The number of rotatable bonds is 5. The highest BCUT2D eigenvalue weighted by molar-refractivity contribution is 6.34. The Labute approximate surface area is 104 Å². The number of nitrogens with two attached hydrogens (primary N) is 1. The average molecular weight is 262 g/mol. The maximum Gasteiger partial charge on any atom is 0.320 e. The molecule has 88 valence electrons. The molecule has 0 aromatic heterocycles. The number of benzene rings is 1. The number of carboxylic acids is 1. The van der Waals surface area contributed by atoms with Crippen molar-refractivity contribution < 1.29 is 9.90 Å². The Morgan fingerprint density at radius 3 is 2.38 bits per heavy atom. The number of halogens is 2. The van der Waals surface area contributed by atoms with Crippen LogP contribution in [0.4, 0.5) is 0 Å². The first kappa shape index (κ1) is 13.3. The second-order valence-corrected chi connectivity index (χ2v) is 4.49. The van der Waals surface area contributed by atoms with E-state index >= 15 is 0 Å². The van der Waals surface area contributed by atoms with Crippen LogP contribution in [0.15, 0.2) is 18.2 Å². The van der Waals surface area contributed by atoms with Gasteiger partial charge in [-0.2, -0.15) is 0 Å². The quantitative estimate of drug-likeness (QED) is 0.857. The van der Waals surface area contributed by atoms with Crippen molar-refractivity contribution in [2.45, 2.75) is 25.3 Å². The summed E-state index contributed by atoms with van der Waals surface area (Å²) >= 11 is 11.7. The van der Waals surface area contributed by atoms with Crippen LogP contribution in [0.5, 0.6) is 0 Å². The van der Waals surface area contributed by atoms with Crippen molar-refractivity contribution in [2.24, 2.45) is 5.73 Å². The summed E-state index contributed by atoms with van der Waals surface area (Å²) in [4.78, 5) is 10.5. The maximum atomic E-state index is 10.5. The van der Waals surface area contributed by atoms with Crippen LogP contribution in [0.1, 0.15) is 18.4 Å². The smallest absolute Gasteiger partial charge is 0.320 e. The lowest BCUT2D eigenvalue weighted by atomic mass is 10.1. The van der Waals surface area contributed by atoms with Gasteiger partial charge in [0.05, 0.1) is 0 Å². The second kappa shape index (κ2) is 6.09. The minimum absolute atomic E-state index is 0.444. The molecule has 3 N–H and O–H groups in total. The molecule has 1 aromatic carbocycles. The van der Waals surface area contributed by atoms with Gasteiger partial charge in [-0.3, -0.25) is 4.79 Å². The van der Waals surface area contributed by atoms with Crippen molar-refractivity contribution >= 4 is 29.2 Å². The van der Waals surface area contributed by atoms with E-state index in [1.165, 1.54) is 0 Å². The van der Waals surface area contributed by atoms with Gasteiger partial charge in [0.25, 0.3) is 0 Å². The molecule has 5 heteroatoms. The minimum atomic E-state index is -0.968. The Morgan fingerprint density at radius 2 is 1.88 bits per heavy atom. The van der Waals surface area contributed by atoms with E-state index in [0.29, 0.717) is 22.9 Å². The van der Waals surface area contributed by atoms with E-state index in [0.717, 1.165) is 12.0 Å². The summed E-state index contributed by atoms with van der Waals surface area (Å²) in [5.74, 6) is -0.968. The molecule has 1 rings (SSSR count). The highest BCUT2D eigenvalue weighted by Crippen LogP contribution is 2.20. The lowest BCUT2D eigenvalue weighted by Gasteiger charge is -2.06. The third-order valence-electron chi connectivity index (χ3n) is 2.22. The van der Waals surface area contributed by atoms with Crippen LogP contribution in [-0.2, 0) is 11.2 Å². The van der Waals surface area contributed by atoms with Crippen LogP contribution in [0.3, 0.4) is 0 Å². The molecule has 0 aliphatic heterocycles. The number of hydrogen-bond donors (Lipinski definition) is 2. The molecule has 1 aromatic rings. The molecule has 1 atom stereocenters. The first-order valence-corrected chi connectivity index (χ1v) is 5.68. The van der Waals surface area contributed by atoms with Crippen LogP contribution >= 0.6 is 23.2 Å². The van der Waals surface area contributed by atoms with Gasteiger partial charge < -0.3 is 10.8 Å². The summed E-state index contributed by atoms with van der Waals surface area (Å²) in [7, 11) is 0. The summed E-state index contributed by atoms with van der Waals surface area (Å²) in [6, 6.07) is 4.50. The number of carbonyl (C=O) groups is 1. The molecule has 0 aliphatic carbocycles. The molecule has 0 saturated carbocycles. The molecule has 3 nitrogen and oxygen atoms in total. The largest absolute Gasteiger partial charge is 0.480 e. The van der Waals surface area contributed by atoms with Gasteiger partial charge >= 0.3 is 5.97 Å². The molecule has 0 amide bonds. The van der Waals surface area contributed by atoms with E-state index in [2.05, 4.69) is 0 Å². The normalized spacial score (nSPS) is 12.4. The third-order valence-corrected chi connectivity index (χ3v) is 2.66. The molecule has 0 spiro atoms. The van der Waals surface area contributed by atoms with E-state index in [-0.39, 0.29) is 0 Å². The van der Waals surface area contributed by atoms with E-state index < -0.39 is 12.0 Å². The molecular weight excluding hydrogens is 249 g/mol. The zero-order valence-electron chi connectivity index (χ0n) is 8.62. The first-order valence-electron chi connectivity index (χ1n) is 4.92. The van der Waals surface area contributed by atoms with Crippen molar-refractivity contribution in [3.05, 3.63) is 33.8 Å². The van der Waals surface area contributed by atoms with Crippen LogP contribution in [-0.4, -0.2) is 17.1 Å². The molecule has 0 unspecified atom stereocenters. The van der Waals surface area contributed by atoms with E-state index in [4.69, 9.17) is 34.0 Å². The summed E-state index contributed by atoms with van der Waals surface area (Å²) < 4.78 is 0. The number of aryl methyl sites for hydroxylation is 1. The SMILES string of the molecule is N[C@@H](CCCc1cc(Cl)cc(Cl)c1)C(=O)O. The van der Waals surface area contributed by atoms with Crippen LogP contribution < -0.4 is 5.73 Å². The fourth-order valence-electron chi connectivity index (χ4n) is 1.40. The highest BCUT2D eigenvalue weighted by Gasteiger charge is 2.10. The fraction of sp³-hybridized carbons (Fsp3) is 0.364. The van der Waals surface area contributed by atoms with Crippen molar-refractivity contribution in [1.29, 1.82) is 0 Å². The maximum absolute atomic E-state index is 10.5. The van der Waals surface area contributed by atoms with Crippen LogP contribution in [0.2, 0.25) is 10.0 Å². The van der Waals surface area contributed by atoms with E-state index in [1.807, 2.05) is 12.1 Å². The zero-order chi connectivity index (χ0) is 12.1. The zero-order valence-corrected chi connectivity index (χ0v) is 10.1. The van der Waals surface area contributed by atoms with Gasteiger partial charge in [-0.1, -0.05) is 23.2 Å². The molecule has 0 fully saturated rings. The van der Waals surface area contributed by atoms with Gasteiger partial charge in [0.2, 0.25) is 0 Å². The van der Waals surface area contributed by atoms with Crippen molar-refractivity contribution in [2.75, 3.05) is 0 Å². The lowest BCUT2D eigenvalue weighted by Crippen LogP contribution is -2.29.